The average Bonchev–Trinajstić information content (AvgIpc) is 3.00. The number of hydrogen-bond donors (Lipinski definition) is 0. The third-order valence-electron chi connectivity index (χ3n) is 5.64. The predicted molar refractivity (Wildman–Crippen MR) is 82.7 cm³/mol. The van der Waals surface area contributed by atoms with E-state index in [-0.39, 0.29) is 5.79 Å². The van der Waals surface area contributed by atoms with E-state index in [0.717, 1.165) is 11.8 Å². The lowest BCUT2D eigenvalue weighted by Gasteiger charge is -2.35. The fraction of sp³-hybridized carbons (Fsp3) is 0.647. The highest BCUT2D eigenvalue weighted by molar-refractivity contribution is 6.91. The first-order valence-corrected chi connectivity index (χ1v) is 10.9. The molecular weight excluding hydrogens is 264 g/mol. The van der Waals surface area contributed by atoms with Crippen molar-refractivity contribution in [1.82, 2.24) is 0 Å². The molecule has 2 aliphatic carbocycles. The maximum Gasteiger partial charge on any atom is 0.163 e. The molecule has 1 saturated heterocycles. The Labute approximate surface area is 122 Å². The first-order chi connectivity index (χ1) is 9.40. The fourth-order valence-corrected chi connectivity index (χ4v) is 8.67. The number of benzene rings is 1. The second-order valence-electron chi connectivity index (χ2n) is 7.74. The quantitative estimate of drug-likeness (QED) is 0.778. The summed E-state index contributed by atoms with van der Waals surface area (Å²) < 4.78 is 12.5. The molecule has 3 heteroatoms. The van der Waals surface area contributed by atoms with Crippen molar-refractivity contribution >= 4 is 13.3 Å². The van der Waals surface area contributed by atoms with E-state index in [9.17, 15) is 0 Å². The Balaban J connectivity index is 1.69. The third-order valence-corrected chi connectivity index (χ3v) is 9.89. The molecule has 1 heterocycles. The van der Waals surface area contributed by atoms with Crippen molar-refractivity contribution in [3.8, 4) is 0 Å². The zero-order chi connectivity index (χ0) is 14.1. The molecular formula is C17H24O2Si. The predicted octanol–water partition coefficient (Wildman–Crippen LogP) is 3.14. The summed E-state index contributed by atoms with van der Waals surface area (Å²) in [6.45, 7) is 9.16. The smallest absolute Gasteiger partial charge is 0.163 e. The van der Waals surface area contributed by atoms with Crippen molar-refractivity contribution in [2.24, 2.45) is 11.8 Å². The van der Waals surface area contributed by atoms with E-state index in [2.05, 4.69) is 57.3 Å². The molecule has 108 valence electrons. The van der Waals surface area contributed by atoms with Gasteiger partial charge in [-0.2, -0.15) is 0 Å². The molecule has 1 aromatic rings. The molecule has 1 aromatic carbocycles. The minimum Gasteiger partial charge on any atom is -0.345 e. The standard InChI is InChI=1S/C17H24O2Si/c1-17(2)18-14-12-10-13(12)16(15(14)19-17)20(3,4)11-8-6-5-7-9-11/h5-9,12-16H,10H2,1-4H3/t12-,13+,14-,15-,16-/m1/s1. The van der Waals surface area contributed by atoms with Crippen LogP contribution in [0.1, 0.15) is 20.3 Å². The van der Waals surface area contributed by atoms with Gasteiger partial charge in [0.2, 0.25) is 0 Å². The van der Waals surface area contributed by atoms with Gasteiger partial charge in [-0.15, -0.1) is 0 Å². The summed E-state index contributed by atoms with van der Waals surface area (Å²) in [5.41, 5.74) is 0.710. The lowest BCUT2D eigenvalue weighted by Crippen LogP contribution is -2.51. The molecule has 0 aromatic heterocycles. The second kappa shape index (κ2) is 3.96. The SMILES string of the molecule is CC1(C)O[C@@H]2[C@@H]3C[C@@H]3[C@@H]([Si](C)(C)c3ccccc3)[C@@H]2O1. The second-order valence-corrected chi connectivity index (χ2v) is 12.4. The Morgan fingerprint density at radius 3 is 2.35 bits per heavy atom. The molecule has 20 heavy (non-hydrogen) atoms. The Morgan fingerprint density at radius 2 is 1.65 bits per heavy atom. The molecule has 1 aliphatic heterocycles. The Morgan fingerprint density at radius 1 is 1.00 bits per heavy atom. The van der Waals surface area contributed by atoms with Crippen molar-refractivity contribution < 1.29 is 9.47 Å². The summed E-state index contributed by atoms with van der Waals surface area (Å²) >= 11 is 0. The normalized spacial score (nSPS) is 41.3. The minimum atomic E-state index is -1.52. The monoisotopic (exact) mass is 288 g/mol. The van der Waals surface area contributed by atoms with Crippen LogP contribution in [-0.4, -0.2) is 26.1 Å². The van der Waals surface area contributed by atoms with E-state index in [1.807, 2.05) is 0 Å². The van der Waals surface area contributed by atoms with Crippen molar-refractivity contribution in [2.45, 2.75) is 56.9 Å². The van der Waals surface area contributed by atoms with Gasteiger partial charge in [-0.05, 0) is 37.6 Å². The van der Waals surface area contributed by atoms with Crippen molar-refractivity contribution in [3.05, 3.63) is 30.3 Å². The van der Waals surface area contributed by atoms with Crippen LogP contribution in [0.3, 0.4) is 0 Å². The highest BCUT2D eigenvalue weighted by Gasteiger charge is 2.68. The highest BCUT2D eigenvalue weighted by Crippen LogP contribution is 2.66. The van der Waals surface area contributed by atoms with E-state index >= 15 is 0 Å². The molecule has 0 N–H and O–H groups in total. The van der Waals surface area contributed by atoms with Gasteiger partial charge in [-0.1, -0.05) is 48.6 Å². The van der Waals surface area contributed by atoms with Crippen LogP contribution in [0.15, 0.2) is 30.3 Å². The summed E-state index contributed by atoms with van der Waals surface area (Å²) in [7, 11) is -1.52. The maximum absolute atomic E-state index is 6.31. The van der Waals surface area contributed by atoms with Crippen LogP contribution in [0.25, 0.3) is 0 Å². The van der Waals surface area contributed by atoms with Gasteiger partial charge in [0, 0.05) is 0 Å². The molecule has 2 saturated carbocycles. The largest absolute Gasteiger partial charge is 0.345 e. The van der Waals surface area contributed by atoms with Crippen LogP contribution in [0.4, 0.5) is 0 Å². The van der Waals surface area contributed by atoms with Gasteiger partial charge < -0.3 is 9.47 Å². The van der Waals surface area contributed by atoms with Crippen LogP contribution >= 0.6 is 0 Å². The molecule has 3 aliphatic rings. The minimum absolute atomic E-state index is 0.329. The van der Waals surface area contributed by atoms with Gasteiger partial charge >= 0.3 is 0 Å². The van der Waals surface area contributed by atoms with E-state index in [1.54, 1.807) is 5.19 Å². The molecule has 5 atom stereocenters. The van der Waals surface area contributed by atoms with Crippen molar-refractivity contribution in [2.75, 3.05) is 0 Å². The molecule has 4 rings (SSSR count). The molecule has 0 spiro atoms. The first kappa shape index (κ1) is 13.1. The van der Waals surface area contributed by atoms with Gasteiger partial charge in [-0.3, -0.25) is 0 Å². The van der Waals surface area contributed by atoms with E-state index in [1.165, 1.54) is 6.42 Å². The molecule has 0 amide bonds. The lowest BCUT2D eigenvalue weighted by atomic mass is 10.1. The highest BCUT2D eigenvalue weighted by atomic mass is 28.3. The first-order valence-electron chi connectivity index (χ1n) is 7.81. The van der Waals surface area contributed by atoms with Gasteiger partial charge in [0.25, 0.3) is 0 Å². The lowest BCUT2D eigenvalue weighted by molar-refractivity contribution is -0.152. The number of ether oxygens (including phenoxy) is 2. The number of rotatable bonds is 2. The van der Waals surface area contributed by atoms with Gasteiger partial charge in [0.05, 0.1) is 20.3 Å². The Kier molecular flexibility index (Phi) is 2.59. The average molecular weight is 288 g/mol. The Bertz CT molecular complexity index is 525. The molecule has 3 fully saturated rings. The van der Waals surface area contributed by atoms with Crippen LogP contribution in [0.2, 0.25) is 18.6 Å². The Hall–Kier alpha value is -0.643. The van der Waals surface area contributed by atoms with Crippen molar-refractivity contribution in [3.63, 3.8) is 0 Å². The third kappa shape index (κ3) is 1.76. The van der Waals surface area contributed by atoms with Gasteiger partial charge in [-0.25, -0.2) is 0 Å². The molecule has 0 unspecified atom stereocenters. The fourth-order valence-electron chi connectivity index (χ4n) is 4.70. The van der Waals surface area contributed by atoms with E-state index in [4.69, 9.17) is 9.47 Å². The topological polar surface area (TPSA) is 18.5 Å². The zero-order valence-corrected chi connectivity index (χ0v) is 13.8. The molecule has 0 radical (unpaired) electrons. The summed E-state index contributed by atoms with van der Waals surface area (Å²) in [5.74, 6) is 1.23. The van der Waals surface area contributed by atoms with Gasteiger partial charge in [0.1, 0.15) is 0 Å². The van der Waals surface area contributed by atoms with Crippen molar-refractivity contribution in [1.29, 1.82) is 0 Å². The molecule has 2 nitrogen and oxygen atoms in total. The summed E-state index contributed by atoms with van der Waals surface area (Å²) in [6.07, 6.45) is 2.04. The maximum atomic E-state index is 6.31. The van der Waals surface area contributed by atoms with Gasteiger partial charge in [0.15, 0.2) is 5.79 Å². The van der Waals surface area contributed by atoms with E-state index < -0.39 is 8.07 Å². The van der Waals surface area contributed by atoms with Crippen LogP contribution in [0.5, 0.6) is 0 Å². The summed E-state index contributed by atoms with van der Waals surface area (Å²) in [4.78, 5) is 0. The van der Waals surface area contributed by atoms with Crippen LogP contribution in [-0.2, 0) is 9.47 Å². The molecule has 0 bridgehead atoms. The zero-order valence-electron chi connectivity index (χ0n) is 12.8. The number of hydrogen-bond acceptors (Lipinski definition) is 2. The van der Waals surface area contributed by atoms with Crippen LogP contribution in [0, 0.1) is 11.8 Å². The van der Waals surface area contributed by atoms with Crippen LogP contribution < -0.4 is 5.19 Å². The number of fused-ring (bicyclic) bond motifs is 3. The van der Waals surface area contributed by atoms with E-state index in [0.29, 0.717) is 17.7 Å². The summed E-state index contributed by atoms with van der Waals surface area (Å²) in [6, 6.07) is 11.1. The summed E-state index contributed by atoms with van der Waals surface area (Å²) in [5, 5.41) is 1.56.